The van der Waals surface area contributed by atoms with Crippen LogP contribution in [0.3, 0.4) is 0 Å². The second-order valence-corrected chi connectivity index (χ2v) is 7.36. The van der Waals surface area contributed by atoms with E-state index in [2.05, 4.69) is 35.7 Å². The lowest BCUT2D eigenvalue weighted by molar-refractivity contribution is -0.104. The van der Waals surface area contributed by atoms with E-state index in [4.69, 9.17) is 9.73 Å². The number of nitrogens with zero attached hydrogens (tertiary/aromatic N) is 2. The molecule has 0 unspecified atom stereocenters. The van der Waals surface area contributed by atoms with Crippen molar-refractivity contribution >= 4 is 34.1 Å². The van der Waals surface area contributed by atoms with Crippen molar-refractivity contribution < 1.29 is 9.53 Å². The van der Waals surface area contributed by atoms with E-state index < -0.39 is 5.41 Å². The summed E-state index contributed by atoms with van der Waals surface area (Å²) in [4.78, 5) is 20.9. The SMILES string of the molecule is COc1cccc(NN/C=C(\C=O)C2=Nc3c(ccc4cnccc34)C2(C)C)c1. The molecule has 1 aliphatic heterocycles. The van der Waals surface area contributed by atoms with Gasteiger partial charge in [0.15, 0.2) is 6.29 Å². The predicted octanol–water partition coefficient (Wildman–Crippen LogP) is 4.31. The molecule has 6 heteroatoms. The summed E-state index contributed by atoms with van der Waals surface area (Å²) in [6.07, 6.45) is 6.06. The van der Waals surface area contributed by atoms with Crippen LogP contribution in [0.1, 0.15) is 19.4 Å². The zero-order chi connectivity index (χ0) is 20.4. The number of rotatable bonds is 6. The molecular formula is C23H22N4O2. The number of aromatic nitrogens is 1. The minimum Gasteiger partial charge on any atom is -0.497 e. The number of nitrogens with one attached hydrogen (secondary N) is 2. The number of methoxy groups -OCH3 is 1. The second kappa shape index (κ2) is 7.39. The number of carbonyl (C=O) groups excluding carboxylic acids is 1. The fourth-order valence-electron chi connectivity index (χ4n) is 3.64. The van der Waals surface area contributed by atoms with Crippen LogP contribution in [0.15, 0.2) is 71.6 Å². The molecule has 2 heterocycles. The van der Waals surface area contributed by atoms with Gasteiger partial charge in [-0.25, -0.2) is 0 Å². The standard InChI is InChI=1S/C23H22N4O2/c1-23(2)20-8-7-15-12-24-10-9-19(15)21(20)26-22(23)16(14-28)13-25-27-17-5-4-6-18(11-17)29-3/h4-14,25,27H,1-3H3/b16-13+. The Bertz CT molecular complexity index is 1150. The van der Waals surface area contributed by atoms with E-state index in [0.717, 1.165) is 45.5 Å². The van der Waals surface area contributed by atoms with Crippen molar-refractivity contribution in [1.82, 2.24) is 10.4 Å². The van der Waals surface area contributed by atoms with Gasteiger partial charge in [0.05, 0.1) is 29.8 Å². The Hall–Kier alpha value is -3.67. The zero-order valence-corrected chi connectivity index (χ0v) is 16.6. The highest BCUT2D eigenvalue weighted by Gasteiger charge is 2.37. The van der Waals surface area contributed by atoms with E-state index in [1.807, 2.05) is 42.6 Å². The van der Waals surface area contributed by atoms with Crippen LogP contribution in [0.2, 0.25) is 0 Å². The van der Waals surface area contributed by atoms with Gasteiger partial charge in [-0.2, -0.15) is 0 Å². The first-order chi connectivity index (χ1) is 14.0. The highest BCUT2D eigenvalue weighted by Crippen LogP contribution is 2.45. The number of hydrogen-bond donors (Lipinski definition) is 2. The highest BCUT2D eigenvalue weighted by atomic mass is 16.5. The molecule has 0 atom stereocenters. The maximum atomic E-state index is 11.9. The third kappa shape index (κ3) is 3.33. The van der Waals surface area contributed by atoms with Gasteiger partial charge in [0.2, 0.25) is 0 Å². The number of carbonyl (C=O) groups is 1. The van der Waals surface area contributed by atoms with Gasteiger partial charge in [-0.3, -0.25) is 14.8 Å². The summed E-state index contributed by atoms with van der Waals surface area (Å²) in [5.41, 5.74) is 9.69. The van der Waals surface area contributed by atoms with Crippen molar-refractivity contribution in [3.8, 4) is 5.75 Å². The third-order valence-corrected chi connectivity index (χ3v) is 5.19. The van der Waals surface area contributed by atoms with Gasteiger partial charge in [0, 0.05) is 40.8 Å². The summed E-state index contributed by atoms with van der Waals surface area (Å²) in [7, 11) is 1.62. The van der Waals surface area contributed by atoms with Gasteiger partial charge in [0.1, 0.15) is 5.75 Å². The Kier molecular flexibility index (Phi) is 4.76. The quantitative estimate of drug-likeness (QED) is 0.375. The molecule has 0 spiro atoms. The van der Waals surface area contributed by atoms with Crippen LogP contribution in [0, 0.1) is 0 Å². The Labute approximate surface area is 169 Å². The van der Waals surface area contributed by atoms with E-state index in [1.54, 1.807) is 19.5 Å². The minimum atomic E-state index is -0.392. The molecule has 1 aromatic heterocycles. The molecule has 2 aromatic carbocycles. The number of hydrazine groups is 1. The molecule has 0 fully saturated rings. The van der Waals surface area contributed by atoms with Crippen molar-refractivity contribution in [2.24, 2.45) is 4.99 Å². The fraction of sp³-hybridized carbons (Fsp3) is 0.174. The van der Waals surface area contributed by atoms with E-state index >= 15 is 0 Å². The van der Waals surface area contributed by atoms with Crippen molar-refractivity contribution in [1.29, 1.82) is 0 Å². The monoisotopic (exact) mass is 386 g/mol. The first-order valence-corrected chi connectivity index (χ1v) is 9.32. The maximum absolute atomic E-state index is 11.9. The molecular weight excluding hydrogens is 364 g/mol. The summed E-state index contributed by atoms with van der Waals surface area (Å²) in [6, 6.07) is 13.6. The minimum absolute atomic E-state index is 0.392. The van der Waals surface area contributed by atoms with E-state index in [0.29, 0.717) is 5.57 Å². The number of aliphatic imine (C=N–C) groups is 1. The normalized spacial score (nSPS) is 14.9. The number of ether oxygens (including phenoxy) is 1. The molecule has 0 bridgehead atoms. The molecule has 2 N–H and O–H groups in total. The Morgan fingerprint density at radius 3 is 2.83 bits per heavy atom. The zero-order valence-electron chi connectivity index (χ0n) is 16.6. The van der Waals surface area contributed by atoms with Crippen molar-refractivity contribution in [2.45, 2.75) is 19.3 Å². The number of benzene rings is 2. The lowest BCUT2D eigenvalue weighted by atomic mass is 9.78. The van der Waals surface area contributed by atoms with Gasteiger partial charge in [-0.15, -0.1) is 0 Å². The molecule has 0 radical (unpaired) electrons. The second-order valence-electron chi connectivity index (χ2n) is 7.36. The number of allylic oxidation sites excluding steroid dienone is 1. The Balaban J connectivity index is 1.65. The van der Waals surface area contributed by atoms with Crippen LogP contribution in [0.4, 0.5) is 11.4 Å². The predicted molar refractivity (Wildman–Crippen MR) is 116 cm³/mol. The molecule has 4 rings (SSSR count). The fourth-order valence-corrected chi connectivity index (χ4v) is 3.64. The van der Waals surface area contributed by atoms with Crippen LogP contribution >= 0.6 is 0 Å². The van der Waals surface area contributed by atoms with Gasteiger partial charge in [0.25, 0.3) is 0 Å². The average Bonchev–Trinajstić information content (AvgIpc) is 3.02. The van der Waals surface area contributed by atoms with Crippen LogP contribution in [-0.2, 0) is 10.2 Å². The number of hydrogen-bond acceptors (Lipinski definition) is 6. The Morgan fingerprint density at radius 1 is 1.17 bits per heavy atom. The Morgan fingerprint density at radius 2 is 2.03 bits per heavy atom. The average molecular weight is 386 g/mol. The molecule has 6 nitrogen and oxygen atoms in total. The van der Waals surface area contributed by atoms with Crippen LogP contribution < -0.4 is 15.6 Å². The topological polar surface area (TPSA) is 75.6 Å². The lowest BCUT2D eigenvalue weighted by Gasteiger charge is -2.22. The molecule has 0 saturated heterocycles. The van der Waals surface area contributed by atoms with E-state index in [-0.39, 0.29) is 0 Å². The van der Waals surface area contributed by atoms with Crippen LogP contribution in [0.25, 0.3) is 10.8 Å². The summed E-state index contributed by atoms with van der Waals surface area (Å²) < 4.78 is 5.22. The van der Waals surface area contributed by atoms with Gasteiger partial charge < -0.3 is 15.6 Å². The van der Waals surface area contributed by atoms with Gasteiger partial charge >= 0.3 is 0 Å². The molecule has 1 aliphatic rings. The van der Waals surface area contributed by atoms with Gasteiger partial charge in [-0.05, 0) is 23.8 Å². The lowest BCUT2D eigenvalue weighted by Crippen LogP contribution is -2.29. The summed E-state index contributed by atoms with van der Waals surface area (Å²) in [5, 5.41) is 2.06. The first-order valence-electron chi connectivity index (χ1n) is 9.32. The number of aldehydes is 1. The van der Waals surface area contributed by atoms with Crippen molar-refractivity contribution in [2.75, 3.05) is 12.5 Å². The smallest absolute Gasteiger partial charge is 0.153 e. The molecule has 29 heavy (non-hydrogen) atoms. The van der Waals surface area contributed by atoms with Crippen molar-refractivity contribution in [3.05, 3.63) is 72.2 Å². The molecule has 3 aromatic rings. The number of anilines is 1. The van der Waals surface area contributed by atoms with Gasteiger partial charge in [-0.1, -0.05) is 32.0 Å². The highest BCUT2D eigenvalue weighted by molar-refractivity contribution is 6.23. The molecule has 146 valence electrons. The number of pyridine rings is 1. The summed E-state index contributed by atoms with van der Waals surface area (Å²) >= 11 is 0. The largest absolute Gasteiger partial charge is 0.497 e. The van der Waals surface area contributed by atoms with Crippen LogP contribution in [-0.4, -0.2) is 24.1 Å². The third-order valence-electron chi connectivity index (χ3n) is 5.19. The summed E-state index contributed by atoms with van der Waals surface area (Å²) in [6.45, 7) is 4.16. The van der Waals surface area contributed by atoms with Crippen molar-refractivity contribution in [3.63, 3.8) is 0 Å². The van der Waals surface area contributed by atoms with Crippen LogP contribution in [0.5, 0.6) is 5.75 Å². The van der Waals surface area contributed by atoms with E-state index in [9.17, 15) is 4.79 Å². The molecule has 0 amide bonds. The summed E-state index contributed by atoms with van der Waals surface area (Å²) in [5.74, 6) is 0.745. The molecule has 0 saturated carbocycles. The molecule has 0 aliphatic carbocycles. The number of fused-ring (bicyclic) bond motifs is 3. The van der Waals surface area contributed by atoms with E-state index in [1.165, 1.54) is 0 Å². The maximum Gasteiger partial charge on any atom is 0.153 e. The first kappa shape index (κ1) is 18.7.